The van der Waals surface area contributed by atoms with Crippen LogP contribution in [0.1, 0.15) is 0 Å². The molecule has 1 heterocycles. The average molecular weight is 267 g/mol. The topological polar surface area (TPSA) is 50.5 Å². The molecule has 1 aliphatic heterocycles. The third-order valence-electron chi connectivity index (χ3n) is 3.02. The van der Waals surface area contributed by atoms with Gasteiger partial charge in [-0.15, -0.1) is 0 Å². The summed E-state index contributed by atoms with van der Waals surface area (Å²) in [7, 11) is 1.71. The summed E-state index contributed by atoms with van der Waals surface area (Å²) >= 11 is 2.02. The minimum Gasteiger partial charge on any atom is -0.495 e. The minimum absolute atomic E-state index is 0.619. The number of nitrogens with zero attached hydrogens (tertiary/aromatic N) is 1. The maximum absolute atomic E-state index is 5.50. The van der Waals surface area contributed by atoms with E-state index in [9.17, 15) is 0 Å². The Labute approximate surface area is 113 Å². The smallest absolute Gasteiger partial charge is 0.144 e. The zero-order valence-electron chi connectivity index (χ0n) is 10.8. The number of benzene rings is 1. The van der Waals surface area contributed by atoms with Crippen LogP contribution in [0.15, 0.2) is 18.2 Å². The fourth-order valence-electron chi connectivity index (χ4n) is 2.05. The molecule has 1 aromatic rings. The highest BCUT2D eigenvalue weighted by atomic mass is 32.2. The Morgan fingerprint density at radius 3 is 2.83 bits per heavy atom. The van der Waals surface area contributed by atoms with Gasteiger partial charge >= 0.3 is 0 Å². The molecule has 0 aliphatic carbocycles. The fraction of sp³-hybridized carbons (Fsp3) is 0.538. The van der Waals surface area contributed by atoms with Gasteiger partial charge in [-0.05, 0) is 12.1 Å². The number of nitrogens with one attached hydrogen (secondary N) is 1. The van der Waals surface area contributed by atoms with Gasteiger partial charge in [0, 0.05) is 49.4 Å². The molecule has 100 valence electrons. The van der Waals surface area contributed by atoms with Crippen LogP contribution in [0.25, 0.3) is 0 Å². The van der Waals surface area contributed by atoms with Crippen molar-refractivity contribution in [1.82, 2.24) is 0 Å². The van der Waals surface area contributed by atoms with Gasteiger partial charge in [0.15, 0.2) is 0 Å². The third-order valence-corrected chi connectivity index (χ3v) is 3.96. The Balaban J connectivity index is 2.12. The molecule has 3 N–H and O–H groups in total. The number of hydrogen-bond acceptors (Lipinski definition) is 5. The zero-order valence-corrected chi connectivity index (χ0v) is 11.6. The number of hydrogen-bond donors (Lipinski definition) is 2. The summed E-state index contributed by atoms with van der Waals surface area (Å²) in [6.45, 7) is 3.61. The van der Waals surface area contributed by atoms with E-state index in [-0.39, 0.29) is 0 Å². The molecule has 1 aliphatic rings. The van der Waals surface area contributed by atoms with Crippen LogP contribution >= 0.6 is 11.8 Å². The van der Waals surface area contributed by atoms with Crippen LogP contribution in [0.3, 0.4) is 0 Å². The van der Waals surface area contributed by atoms with Crippen LogP contribution < -0.4 is 20.7 Å². The molecule has 0 saturated carbocycles. The van der Waals surface area contributed by atoms with Crippen LogP contribution in [0.4, 0.5) is 11.4 Å². The van der Waals surface area contributed by atoms with Crippen molar-refractivity contribution in [2.24, 2.45) is 5.73 Å². The van der Waals surface area contributed by atoms with Crippen LogP contribution in [-0.4, -0.2) is 44.8 Å². The van der Waals surface area contributed by atoms with E-state index in [1.165, 1.54) is 17.2 Å². The number of nitrogens with two attached hydrogens (primary N) is 1. The average Bonchev–Trinajstić information content (AvgIpc) is 2.46. The van der Waals surface area contributed by atoms with Gasteiger partial charge in [0.05, 0.1) is 12.8 Å². The number of ether oxygens (including phenoxy) is 1. The molecule has 0 aromatic heterocycles. The summed E-state index contributed by atoms with van der Waals surface area (Å²) in [6, 6.07) is 6.33. The largest absolute Gasteiger partial charge is 0.495 e. The van der Waals surface area contributed by atoms with E-state index in [1.807, 2.05) is 11.8 Å². The van der Waals surface area contributed by atoms with E-state index in [4.69, 9.17) is 10.5 Å². The van der Waals surface area contributed by atoms with E-state index in [1.54, 1.807) is 7.11 Å². The molecule has 0 amide bonds. The molecule has 5 heteroatoms. The first kappa shape index (κ1) is 13.4. The molecule has 0 radical (unpaired) electrons. The number of rotatable bonds is 5. The standard InChI is InChI=1S/C13H21N3OS/c1-17-13-10-11(16-6-8-18-9-7-16)2-3-12(13)15-5-4-14/h2-3,10,15H,4-9,14H2,1H3. The molecule has 4 nitrogen and oxygen atoms in total. The Morgan fingerprint density at radius 2 is 2.17 bits per heavy atom. The predicted octanol–water partition coefficient (Wildman–Crippen LogP) is 1.62. The molecule has 18 heavy (non-hydrogen) atoms. The van der Waals surface area contributed by atoms with Crippen LogP contribution in [0, 0.1) is 0 Å². The number of anilines is 2. The summed E-state index contributed by atoms with van der Waals surface area (Å²) in [5, 5.41) is 3.27. The van der Waals surface area contributed by atoms with Crippen molar-refractivity contribution in [2.45, 2.75) is 0 Å². The summed E-state index contributed by atoms with van der Waals surface area (Å²) in [4.78, 5) is 2.41. The second kappa shape index (κ2) is 6.75. The summed E-state index contributed by atoms with van der Waals surface area (Å²) < 4.78 is 5.44. The lowest BCUT2D eigenvalue weighted by molar-refractivity contribution is 0.416. The van der Waals surface area contributed by atoms with E-state index >= 15 is 0 Å². The maximum atomic E-state index is 5.50. The van der Waals surface area contributed by atoms with E-state index < -0.39 is 0 Å². The van der Waals surface area contributed by atoms with Crippen LogP contribution in [0.2, 0.25) is 0 Å². The summed E-state index contributed by atoms with van der Waals surface area (Å²) in [5.74, 6) is 3.30. The van der Waals surface area contributed by atoms with Gasteiger partial charge in [-0.25, -0.2) is 0 Å². The van der Waals surface area contributed by atoms with Crippen molar-refractivity contribution in [3.8, 4) is 5.75 Å². The highest BCUT2D eigenvalue weighted by Crippen LogP contribution is 2.30. The molecular formula is C13H21N3OS. The second-order valence-corrected chi connectivity index (χ2v) is 5.42. The highest BCUT2D eigenvalue weighted by molar-refractivity contribution is 7.99. The zero-order chi connectivity index (χ0) is 12.8. The first-order chi connectivity index (χ1) is 8.85. The van der Waals surface area contributed by atoms with Gasteiger partial charge in [-0.2, -0.15) is 11.8 Å². The SMILES string of the molecule is COc1cc(N2CCSCC2)ccc1NCCN. The molecule has 1 aromatic carbocycles. The van der Waals surface area contributed by atoms with Crippen molar-refractivity contribution >= 4 is 23.1 Å². The molecule has 0 unspecified atom stereocenters. The van der Waals surface area contributed by atoms with E-state index in [0.717, 1.165) is 31.1 Å². The van der Waals surface area contributed by atoms with Gasteiger partial charge in [-0.1, -0.05) is 0 Å². The monoisotopic (exact) mass is 267 g/mol. The van der Waals surface area contributed by atoms with Gasteiger partial charge < -0.3 is 20.7 Å². The van der Waals surface area contributed by atoms with Crippen molar-refractivity contribution in [3.05, 3.63) is 18.2 Å². The second-order valence-electron chi connectivity index (χ2n) is 4.20. The van der Waals surface area contributed by atoms with Gasteiger partial charge in [-0.3, -0.25) is 0 Å². The molecule has 1 saturated heterocycles. The first-order valence-corrected chi connectivity index (χ1v) is 7.45. The Kier molecular flexibility index (Phi) is 5.01. The van der Waals surface area contributed by atoms with Gasteiger partial charge in [0.2, 0.25) is 0 Å². The Bertz CT molecular complexity index is 380. The van der Waals surface area contributed by atoms with Crippen LogP contribution in [0.5, 0.6) is 5.75 Å². The van der Waals surface area contributed by atoms with E-state index in [0.29, 0.717) is 6.54 Å². The summed E-state index contributed by atoms with van der Waals surface area (Å²) in [5.41, 5.74) is 7.75. The maximum Gasteiger partial charge on any atom is 0.144 e. The lowest BCUT2D eigenvalue weighted by Crippen LogP contribution is -2.32. The van der Waals surface area contributed by atoms with Crippen molar-refractivity contribution in [1.29, 1.82) is 0 Å². The quantitative estimate of drug-likeness (QED) is 0.849. The van der Waals surface area contributed by atoms with Crippen molar-refractivity contribution in [2.75, 3.05) is 55.0 Å². The lowest BCUT2D eigenvalue weighted by Gasteiger charge is -2.29. The Morgan fingerprint density at radius 1 is 1.39 bits per heavy atom. The molecule has 2 rings (SSSR count). The minimum atomic E-state index is 0.619. The number of methoxy groups -OCH3 is 1. The summed E-state index contributed by atoms with van der Waals surface area (Å²) in [6.07, 6.45) is 0. The van der Waals surface area contributed by atoms with Gasteiger partial charge in [0.1, 0.15) is 5.75 Å². The number of thioether (sulfide) groups is 1. The molecule has 1 fully saturated rings. The molecule has 0 atom stereocenters. The fourth-order valence-corrected chi connectivity index (χ4v) is 2.95. The molecule has 0 bridgehead atoms. The third kappa shape index (κ3) is 3.23. The predicted molar refractivity (Wildman–Crippen MR) is 80.1 cm³/mol. The molecular weight excluding hydrogens is 246 g/mol. The van der Waals surface area contributed by atoms with E-state index in [2.05, 4.69) is 28.4 Å². The van der Waals surface area contributed by atoms with Gasteiger partial charge in [0.25, 0.3) is 0 Å². The van der Waals surface area contributed by atoms with Crippen molar-refractivity contribution < 1.29 is 4.74 Å². The molecule has 0 spiro atoms. The first-order valence-electron chi connectivity index (χ1n) is 6.30. The van der Waals surface area contributed by atoms with Crippen LogP contribution in [-0.2, 0) is 0 Å². The highest BCUT2D eigenvalue weighted by Gasteiger charge is 2.13. The Hall–Kier alpha value is -1.07. The lowest BCUT2D eigenvalue weighted by atomic mass is 10.2. The normalized spacial score (nSPS) is 15.6. The van der Waals surface area contributed by atoms with Crippen molar-refractivity contribution in [3.63, 3.8) is 0 Å².